The van der Waals surface area contributed by atoms with Gasteiger partial charge in [0.2, 0.25) is 5.91 Å². The van der Waals surface area contributed by atoms with Gasteiger partial charge in [0.1, 0.15) is 11.6 Å². The summed E-state index contributed by atoms with van der Waals surface area (Å²) < 4.78 is 1.68. The highest BCUT2D eigenvalue weighted by Crippen LogP contribution is 2.29. The SMILES string of the molecule is C=CC(=O)N1CCCC(Nc2c(Cl)cncc2C(=N)c2ccc(-n3ccc(=O)c(C#N)c3)cc2)C1. The molecular formula is C26H23ClN6O2. The number of benzene rings is 1. The third-order valence-corrected chi connectivity index (χ3v) is 6.21. The van der Waals surface area contributed by atoms with Crippen molar-refractivity contribution in [1.82, 2.24) is 14.5 Å². The molecule has 176 valence electrons. The summed E-state index contributed by atoms with van der Waals surface area (Å²) in [6.07, 6.45) is 9.25. The van der Waals surface area contributed by atoms with E-state index in [2.05, 4.69) is 16.9 Å². The number of likely N-dealkylation sites (tertiary alicyclic amines) is 1. The summed E-state index contributed by atoms with van der Waals surface area (Å²) in [7, 11) is 0. The second kappa shape index (κ2) is 10.4. The van der Waals surface area contributed by atoms with E-state index in [0.29, 0.717) is 34.9 Å². The van der Waals surface area contributed by atoms with Crippen LogP contribution < -0.4 is 10.7 Å². The zero-order chi connectivity index (χ0) is 24.9. The quantitative estimate of drug-likeness (QED) is 0.406. The molecule has 4 rings (SSSR count). The van der Waals surface area contributed by atoms with Crippen molar-refractivity contribution in [3.8, 4) is 11.8 Å². The highest BCUT2D eigenvalue weighted by Gasteiger charge is 2.24. The number of piperidine rings is 1. The van der Waals surface area contributed by atoms with Crippen LogP contribution in [0.2, 0.25) is 5.02 Å². The largest absolute Gasteiger partial charge is 0.379 e. The fraction of sp³-hybridized carbons (Fsp3) is 0.192. The van der Waals surface area contributed by atoms with Gasteiger partial charge in [-0.2, -0.15) is 5.26 Å². The third kappa shape index (κ3) is 5.15. The molecule has 1 fully saturated rings. The monoisotopic (exact) mass is 486 g/mol. The molecule has 0 radical (unpaired) electrons. The molecule has 3 aromatic rings. The number of nitrogens with one attached hydrogen (secondary N) is 2. The van der Waals surface area contributed by atoms with E-state index in [1.165, 1.54) is 24.5 Å². The van der Waals surface area contributed by atoms with Gasteiger partial charge < -0.3 is 14.8 Å². The summed E-state index contributed by atoms with van der Waals surface area (Å²) in [5.74, 6) is -0.102. The van der Waals surface area contributed by atoms with Crippen molar-refractivity contribution in [2.45, 2.75) is 18.9 Å². The van der Waals surface area contributed by atoms with Crippen LogP contribution in [0.15, 0.2) is 72.6 Å². The number of pyridine rings is 2. The van der Waals surface area contributed by atoms with Crippen LogP contribution in [0.25, 0.3) is 5.69 Å². The Bertz CT molecular complexity index is 1390. The maximum Gasteiger partial charge on any atom is 0.246 e. The molecular weight excluding hydrogens is 464 g/mol. The summed E-state index contributed by atoms with van der Waals surface area (Å²) in [6.45, 7) is 4.78. The van der Waals surface area contributed by atoms with Gasteiger partial charge >= 0.3 is 0 Å². The Morgan fingerprint density at radius 2 is 2.06 bits per heavy atom. The van der Waals surface area contributed by atoms with Gasteiger partial charge in [-0.05, 0) is 31.1 Å². The van der Waals surface area contributed by atoms with Crippen LogP contribution >= 0.6 is 11.6 Å². The van der Waals surface area contributed by atoms with Crippen molar-refractivity contribution < 1.29 is 4.79 Å². The van der Waals surface area contributed by atoms with Crippen LogP contribution in [0.4, 0.5) is 5.69 Å². The number of carbonyl (C=O) groups excluding carboxylic acids is 1. The molecule has 1 amide bonds. The minimum atomic E-state index is -0.328. The van der Waals surface area contributed by atoms with E-state index in [1.807, 2.05) is 6.07 Å². The van der Waals surface area contributed by atoms with Gasteiger partial charge in [-0.15, -0.1) is 0 Å². The number of aromatic nitrogens is 2. The van der Waals surface area contributed by atoms with Gasteiger partial charge in [0.15, 0.2) is 5.43 Å². The van der Waals surface area contributed by atoms with E-state index >= 15 is 0 Å². The topological polar surface area (TPSA) is 115 Å². The van der Waals surface area contributed by atoms with Gasteiger partial charge in [0.05, 0.1) is 16.4 Å². The van der Waals surface area contributed by atoms with Crippen molar-refractivity contribution in [3.63, 3.8) is 0 Å². The maximum atomic E-state index is 12.1. The highest BCUT2D eigenvalue weighted by atomic mass is 35.5. The van der Waals surface area contributed by atoms with E-state index in [1.54, 1.807) is 46.1 Å². The second-order valence-corrected chi connectivity index (χ2v) is 8.59. The normalized spacial score (nSPS) is 15.2. The lowest BCUT2D eigenvalue weighted by Crippen LogP contribution is -2.44. The molecule has 9 heteroatoms. The highest BCUT2D eigenvalue weighted by molar-refractivity contribution is 6.34. The van der Waals surface area contributed by atoms with Crippen molar-refractivity contribution in [2.75, 3.05) is 18.4 Å². The lowest BCUT2D eigenvalue weighted by Gasteiger charge is -2.33. The molecule has 0 aliphatic carbocycles. The van der Waals surface area contributed by atoms with Crippen LogP contribution in [0.3, 0.4) is 0 Å². The summed E-state index contributed by atoms with van der Waals surface area (Å²) in [5, 5.41) is 21.8. The molecule has 1 aliphatic rings. The van der Waals surface area contributed by atoms with Crippen LogP contribution in [0.1, 0.15) is 29.5 Å². The Hall–Kier alpha value is -4.22. The Kier molecular flexibility index (Phi) is 7.09. The number of hydrogen-bond donors (Lipinski definition) is 2. The van der Waals surface area contributed by atoms with Gasteiger partial charge in [-0.1, -0.05) is 30.3 Å². The molecule has 1 saturated heterocycles. The Balaban J connectivity index is 1.58. The summed E-state index contributed by atoms with van der Waals surface area (Å²) >= 11 is 6.48. The maximum absolute atomic E-state index is 12.1. The standard InChI is InChI=1S/C26H23ClN6O2/c1-2-24(35)33-10-3-4-19(16-33)31-26-21(13-30-14-22(26)27)25(29)17-5-7-20(8-6-17)32-11-9-23(34)18(12-28)15-32/h2,5-9,11,13-15,19,29H,1,3-4,10,16H2,(H,30,31). The van der Waals surface area contributed by atoms with E-state index in [-0.39, 0.29) is 28.7 Å². The van der Waals surface area contributed by atoms with Crippen LogP contribution in [-0.2, 0) is 4.79 Å². The molecule has 2 aromatic heterocycles. The first-order valence-electron chi connectivity index (χ1n) is 11.0. The number of halogens is 1. The van der Waals surface area contributed by atoms with Crippen molar-refractivity contribution >= 4 is 28.9 Å². The lowest BCUT2D eigenvalue weighted by molar-refractivity contribution is -0.127. The molecule has 1 atom stereocenters. The number of carbonyl (C=O) groups is 1. The molecule has 1 aromatic carbocycles. The average molecular weight is 487 g/mol. The fourth-order valence-corrected chi connectivity index (χ4v) is 4.30. The first-order chi connectivity index (χ1) is 16.9. The van der Waals surface area contributed by atoms with Gasteiger partial charge in [-0.3, -0.25) is 20.0 Å². The van der Waals surface area contributed by atoms with Crippen molar-refractivity contribution in [3.05, 3.63) is 99.7 Å². The first kappa shape index (κ1) is 23.9. The predicted molar refractivity (Wildman–Crippen MR) is 135 cm³/mol. The number of nitrogens with zero attached hydrogens (tertiary/aromatic N) is 4. The Labute approximate surface area is 207 Å². The molecule has 1 aliphatic heterocycles. The van der Waals surface area contributed by atoms with E-state index in [0.717, 1.165) is 18.5 Å². The molecule has 0 saturated carbocycles. The van der Waals surface area contributed by atoms with Crippen LogP contribution in [-0.4, -0.2) is 45.2 Å². The van der Waals surface area contributed by atoms with E-state index in [4.69, 9.17) is 22.3 Å². The molecule has 3 heterocycles. The summed E-state index contributed by atoms with van der Waals surface area (Å²) in [6, 6.07) is 10.4. The summed E-state index contributed by atoms with van der Waals surface area (Å²) in [4.78, 5) is 29.7. The third-order valence-electron chi connectivity index (χ3n) is 5.92. The minimum Gasteiger partial charge on any atom is -0.379 e. The fourth-order valence-electron chi connectivity index (χ4n) is 4.08. The zero-order valence-corrected chi connectivity index (χ0v) is 19.6. The van der Waals surface area contributed by atoms with E-state index < -0.39 is 0 Å². The van der Waals surface area contributed by atoms with Crippen molar-refractivity contribution in [1.29, 1.82) is 10.7 Å². The van der Waals surface area contributed by atoms with Crippen LogP contribution in [0, 0.1) is 16.7 Å². The molecule has 1 unspecified atom stereocenters. The Morgan fingerprint density at radius 3 is 2.77 bits per heavy atom. The first-order valence-corrected chi connectivity index (χ1v) is 11.4. The van der Waals surface area contributed by atoms with Gasteiger partial charge in [-0.25, -0.2) is 0 Å². The van der Waals surface area contributed by atoms with Gasteiger partial charge in [0.25, 0.3) is 0 Å². The molecule has 8 nitrogen and oxygen atoms in total. The number of hydrogen-bond acceptors (Lipinski definition) is 6. The molecule has 2 N–H and O–H groups in total. The summed E-state index contributed by atoms with van der Waals surface area (Å²) in [5.41, 5.74) is 2.51. The lowest BCUT2D eigenvalue weighted by atomic mass is 10.0. The predicted octanol–water partition coefficient (Wildman–Crippen LogP) is 3.76. The minimum absolute atomic E-state index is 0.0174. The molecule has 35 heavy (non-hydrogen) atoms. The smallest absolute Gasteiger partial charge is 0.246 e. The number of amides is 1. The second-order valence-electron chi connectivity index (χ2n) is 8.18. The van der Waals surface area contributed by atoms with Gasteiger partial charge in [0, 0.05) is 66.8 Å². The zero-order valence-electron chi connectivity index (χ0n) is 18.9. The number of nitriles is 1. The van der Waals surface area contributed by atoms with Crippen LogP contribution in [0.5, 0.6) is 0 Å². The van der Waals surface area contributed by atoms with E-state index in [9.17, 15) is 9.59 Å². The average Bonchev–Trinajstić information content (AvgIpc) is 2.89. The molecule has 0 spiro atoms. The number of rotatable bonds is 6. The number of anilines is 1. The van der Waals surface area contributed by atoms with Crippen molar-refractivity contribution in [2.24, 2.45) is 0 Å². The molecule has 0 bridgehead atoms. The Morgan fingerprint density at radius 1 is 1.29 bits per heavy atom.